The van der Waals surface area contributed by atoms with E-state index in [1.54, 1.807) is 26.5 Å². The van der Waals surface area contributed by atoms with Gasteiger partial charge < -0.3 is 14.8 Å². The van der Waals surface area contributed by atoms with Crippen molar-refractivity contribution in [1.82, 2.24) is 10.3 Å². The van der Waals surface area contributed by atoms with Crippen LogP contribution in [0, 0.1) is 0 Å². The van der Waals surface area contributed by atoms with Crippen molar-refractivity contribution in [3.63, 3.8) is 0 Å². The lowest BCUT2D eigenvalue weighted by atomic mass is 10.1. The summed E-state index contributed by atoms with van der Waals surface area (Å²) >= 11 is 0. The summed E-state index contributed by atoms with van der Waals surface area (Å²) in [6.45, 7) is 0.345. The van der Waals surface area contributed by atoms with Crippen LogP contribution in [0.15, 0.2) is 60.8 Å². The number of ether oxygens (including phenoxy) is 2. The third-order valence-corrected chi connectivity index (χ3v) is 4.02. The number of para-hydroxylation sites is 2. The number of carbonyl (C=O) groups is 1. The zero-order chi connectivity index (χ0) is 18.4. The van der Waals surface area contributed by atoms with E-state index in [2.05, 4.69) is 10.3 Å². The molecule has 0 atom stereocenters. The lowest BCUT2D eigenvalue weighted by Gasteiger charge is -2.12. The van der Waals surface area contributed by atoms with Crippen molar-refractivity contribution >= 4 is 22.9 Å². The van der Waals surface area contributed by atoms with Gasteiger partial charge >= 0.3 is 0 Å². The van der Waals surface area contributed by atoms with Crippen LogP contribution in [-0.2, 0) is 11.3 Å². The zero-order valence-corrected chi connectivity index (χ0v) is 14.7. The highest BCUT2D eigenvalue weighted by Gasteiger charge is 2.09. The Morgan fingerprint density at radius 2 is 1.88 bits per heavy atom. The molecule has 0 saturated heterocycles. The second-order valence-electron chi connectivity index (χ2n) is 5.63. The maximum atomic E-state index is 12.2. The first-order valence-corrected chi connectivity index (χ1v) is 8.22. The van der Waals surface area contributed by atoms with Gasteiger partial charge in [0, 0.05) is 35.3 Å². The van der Waals surface area contributed by atoms with Gasteiger partial charge in [0.25, 0.3) is 0 Å². The molecule has 5 heteroatoms. The molecule has 3 aromatic rings. The van der Waals surface area contributed by atoms with Crippen LogP contribution in [0.4, 0.5) is 0 Å². The predicted octanol–water partition coefficient (Wildman–Crippen LogP) is 3.58. The van der Waals surface area contributed by atoms with Crippen LogP contribution in [0.2, 0.25) is 0 Å². The molecule has 26 heavy (non-hydrogen) atoms. The average Bonchev–Trinajstić information content (AvgIpc) is 2.70. The minimum Gasteiger partial charge on any atom is -0.493 e. The highest BCUT2D eigenvalue weighted by atomic mass is 16.5. The van der Waals surface area contributed by atoms with E-state index >= 15 is 0 Å². The molecule has 2 aromatic carbocycles. The van der Waals surface area contributed by atoms with E-state index in [4.69, 9.17) is 9.47 Å². The monoisotopic (exact) mass is 348 g/mol. The molecular formula is C21H20N2O3. The van der Waals surface area contributed by atoms with Crippen molar-refractivity contribution in [2.75, 3.05) is 14.2 Å². The van der Waals surface area contributed by atoms with E-state index < -0.39 is 0 Å². The molecule has 0 fully saturated rings. The van der Waals surface area contributed by atoms with Gasteiger partial charge in [0.2, 0.25) is 5.91 Å². The molecule has 1 heterocycles. The number of aromatic nitrogens is 1. The van der Waals surface area contributed by atoms with Gasteiger partial charge in [-0.15, -0.1) is 0 Å². The molecule has 0 bridgehead atoms. The number of fused-ring (bicyclic) bond motifs is 1. The van der Waals surface area contributed by atoms with Crippen molar-refractivity contribution in [1.29, 1.82) is 0 Å². The smallest absolute Gasteiger partial charge is 0.244 e. The Kier molecular flexibility index (Phi) is 5.49. The SMILES string of the molecule is COc1cccc(CNC(=O)/C=C/c2cccc3cccnc23)c1OC. The van der Waals surface area contributed by atoms with Gasteiger partial charge in [-0.05, 0) is 18.2 Å². The number of rotatable bonds is 6. The van der Waals surface area contributed by atoms with Gasteiger partial charge in [0.05, 0.1) is 19.7 Å². The maximum Gasteiger partial charge on any atom is 0.244 e. The molecule has 1 aromatic heterocycles. The fourth-order valence-electron chi connectivity index (χ4n) is 2.76. The van der Waals surface area contributed by atoms with E-state index in [0.717, 1.165) is 22.0 Å². The minimum atomic E-state index is -0.192. The second kappa shape index (κ2) is 8.16. The van der Waals surface area contributed by atoms with Crippen LogP contribution in [0.5, 0.6) is 11.5 Å². The summed E-state index contributed by atoms with van der Waals surface area (Å²) in [5.74, 6) is 1.07. The molecule has 132 valence electrons. The molecule has 0 unspecified atom stereocenters. The van der Waals surface area contributed by atoms with Crippen molar-refractivity contribution in [2.24, 2.45) is 0 Å². The molecule has 0 saturated carbocycles. The number of methoxy groups -OCH3 is 2. The quantitative estimate of drug-likeness (QED) is 0.692. The third kappa shape index (κ3) is 3.83. The van der Waals surface area contributed by atoms with Gasteiger partial charge in [0.1, 0.15) is 0 Å². The van der Waals surface area contributed by atoms with Gasteiger partial charge in [-0.3, -0.25) is 9.78 Å². The number of nitrogens with one attached hydrogen (secondary N) is 1. The summed E-state index contributed by atoms with van der Waals surface area (Å²) in [5, 5.41) is 3.90. The molecule has 1 amide bonds. The van der Waals surface area contributed by atoms with Crippen LogP contribution in [0.3, 0.4) is 0 Å². The van der Waals surface area contributed by atoms with E-state index in [1.165, 1.54) is 6.08 Å². The van der Waals surface area contributed by atoms with Crippen molar-refractivity contribution in [2.45, 2.75) is 6.54 Å². The summed E-state index contributed by atoms with van der Waals surface area (Å²) in [4.78, 5) is 16.6. The molecule has 5 nitrogen and oxygen atoms in total. The number of nitrogens with zero attached hydrogens (tertiary/aromatic N) is 1. The summed E-state index contributed by atoms with van der Waals surface area (Å²) < 4.78 is 10.6. The summed E-state index contributed by atoms with van der Waals surface area (Å²) in [7, 11) is 3.16. The molecule has 0 aliphatic heterocycles. The standard InChI is InChI=1S/C21H20N2O3/c1-25-18-10-4-8-17(21(18)26-2)14-23-19(24)12-11-16-7-3-6-15-9-5-13-22-20(15)16/h3-13H,14H2,1-2H3,(H,23,24)/b12-11+. The predicted molar refractivity (Wildman–Crippen MR) is 102 cm³/mol. The molecule has 3 rings (SSSR count). The number of hydrogen-bond donors (Lipinski definition) is 1. The molecule has 0 radical (unpaired) electrons. The number of carbonyl (C=O) groups excluding carboxylic acids is 1. The van der Waals surface area contributed by atoms with Crippen molar-refractivity contribution in [3.05, 3.63) is 71.9 Å². The van der Waals surface area contributed by atoms with E-state index in [1.807, 2.05) is 48.5 Å². The largest absolute Gasteiger partial charge is 0.493 e. The Morgan fingerprint density at radius 1 is 1.08 bits per heavy atom. The Labute approximate surface area is 152 Å². The number of pyridine rings is 1. The van der Waals surface area contributed by atoms with Gasteiger partial charge in [-0.1, -0.05) is 36.4 Å². The van der Waals surface area contributed by atoms with Crippen LogP contribution < -0.4 is 14.8 Å². The van der Waals surface area contributed by atoms with Crippen molar-refractivity contribution in [3.8, 4) is 11.5 Å². The summed E-state index contributed by atoms with van der Waals surface area (Å²) in [5.41, 5.74) is 2.62. The lowest BCUT2D eigenvalue weighted by Crippen LogP contribution is -2.20. The van der Waals surface area contributed by atoms with E-state index in [-0.39, 0.29) is 5.91 Å². The van der Waals surface area contributed by atoms with Gasteiger partial charge in [-0.2, -0.15) is 0 Å². The summed E-state index contributed by atoms with van der Waals surface area (Å²) in [6, 6.07) is 15.3. The number of hydrogen-bond acceptors (Lipinski definition) is 4. The first-order valence-electron chi connectivity index (χ1n) is 8.22. The van der Waals surface area contributed by atoms with Crippen LogP contribution >= 0.6 is 0 Å². The molecule has 1 N–H and O–H groups in total. The molecular weight excluding hydrogens is 328 g/mol. The van der Waals surface area contributed by atoms with Crippen LogP contribution in [0.1, 0.15) is 11.1 Å². The average molecular weight is 348 g/mol. The van der Waals surface area contributed by atoms with Gasteiger partial charge in [0.15, 0.2) is 11.5 Å². The lowest BCUT2D eigenvalue weighted by molar-refractivity contribution is -0.116. The number of amides is 1. The maximum absolute atomic E-state index is 12.2. The van der Waals surface area contributed by atoms with Crippen molar-refractivity contribution < 1.29 is 14.3 Å². The van der Waals surface area contributed by atoms with E-state index in [9.17, 15) is 4.79 Å². The fourth-order valence-corrected chi connectivity index (χ4v) is 2.76. The van der Waals surface area contributed by atoms with Crippen LogP contribution in [-0.4, -0.2) is 25.1 Å². The molecule has 0 aliphatic rings. The zero-order valence-electron chi connectivity index (χ0n) is 14.7. The normalized spacial score (nSPS) is 10.8. The highest BCUT2D eigenvalue weighted by molar-refractivity contribution is 5.95. The Bertz CT molecular complexity index is 946. The Hall–Kier alpha value is -3.34. The third-order valence-electron chi connectivity index (χ3n) is 4.02. The molecule has 0 aliphatic carbocycles. The van der Waals surface area contributed by atoms with Crippen LogP contribution in [0.25, 0.3) is 17.0 Å². The van der Waals surface area contributed by atoms with E-state index in [0.29, 0.717) is 18.0 Å². The Balaban J connectivity index is 1.71. The van der Waals surface area contributed by atoms with Gasteiger partial charge in [-0.25, -0.2) is 0 Å². The second-order valence-corrected chi connectivity index (χ2v) is 5.63. The number of benzene rings is 2. The minimum absolute atomic E-state index is 0.192. The Morgan fingerprint density at radius 3 is 2.69 bits per heavy atom. The highest BCUT2D eigenvalue weighted by Crippen LogP contribution is 2.30. The topological polar surface area (TPSA) is 60.5 Å². The first kappa shape index (κ1) is 17.5. The fraction of sp³-hybridized carbons (Fsp3) is 0.143. The summed E-state index contributed by atoms with van der Waals surface area (Å²) in [6.07, 6.45) is 5.03. The molecule has 0 spiro atoms. The first-order chi connectivity index (χ1) is 12.7.